The van der Waals surface area contributed by atoms with Gasteiger partial charge in [-0.2, -0.15) is 0 Å². The monoisotopic (exact) mass is 138 g/mol. The first-order valence-electron chi connectivity index (χ1n) is 0. The van der Waals surface area contributed by atoms with Crippen LogP contribution in [0.15, 0.2) is 0 Å². The molecule has 0 rings (SSSR count). The molecule has 0 heterocycles. The maximum atomic E-state index is 0. The average molecular weight is 138 g/mol. The van der Waals surface area contributed by atoms with Crippen LogP contribution in [-0.4, -0.2) is 0 Å². The molecule has 0 saturated heterocycles. The Hall–Kier alpha value is 1.02. The van der Waals surface area contributed by atoms with Gasteiger partial charge in [0.2, 0.25) is 0 Å². The van der Waals surface area contributed by atoms with Gasteiger partial charge in [0, 0.05) is 18.6 Å². The summed E-state index contributed by atoms with van der Waals surface area (Å²) in [6, 6.07) is 0. The van der Waals surface area contributed by atoms with Crippen LogP contribution in [0.5, 0.6) is 0 Å². The van der Waals surface area contributed by atoms with E-state index in [1.807, 2.05) is 0 Å². The topological polar surface area (TPSA) is 57.0 Å². The predicted octanol–water partition coefficient (Wildman–Crippen LogP) is -0.243. The van der Waals surface area contributed by atoms with Crippen molar-refractivity contribution in [3.05, 3.63) is 0 Å². The first-order valence-corrected chi connectivity index (χ1v) is 0. The molecule has 0 fully saturated rings. The van der Waals surface area contributed by atoms with Gasteiger partial charge in [0.25, 0.3) is 0 Å². The molecule has 0 unspecified atom stereocenters. The minimum Gasteiger partial charge on any atom is -2.00 e. The van der Waals surface area contributed by atoms with Gasteiger partial charge in [-0.15, -0.1) is 0 Å². The molecule has 0 spiro atoms. The van der Waals surface area contributed by atoms with Crippen molar-refractivity contribution in [1.29, 1.82) is 0 Å². The molecule has 4 heavy (non-hydrogen) atoms. The third-order valence-electron chi connectivity index (χ3n) is 0. The normalized spacial score (nSPS) is 0. The second-order valence-corrected chi connectivity index (χ2v) is 0. The molecule has 0 aromatic heterocycles. The van der Waals surface area contributed by atoms with Crippen molar-refractivity contribution in [1.82, 2.24) is 0 Å². The van der Waals surface area contributed by atoms with E-state index in [0.717, 1.165) is 0 Å². The maximum Gasteiger partial charge on any atom is 2.00 e. The quantitative estimate of drug-likeness (QED) is 0.414. The van der Waals surface area contributed by atoms with Crippen molar-refractivity contribution >= 4 is 0 Å². The molecule has 2 radical (unpaired) electrons. The molecule has 0 bridgehead atoms. The van der Waals surface area contributed by atoms with Crippen LogP contribution >= 0.6 is 0 Å². The van der Waals surface area contributed by atoms with E-state index in [-0.39, 0.29) is 46.6 Å². The molecular weight excluding hydrogens is 138 g/mol. The van der Waals surface area contributed by atoms with Crippen LogP contribution in [0.25, 0.3) is 0 Å². The molecule has 0 amide bonds. The molecule has 26 valence electrons. The van der Waals surface area contributed by atoms with Gasteiger partial charge in [-0.1, -0.05) is 0 Å². The number of hydrogen-bond acceptors (Lipinski definition) is 0. The summed E-state index contributed by atoms with van der Waals surface area (Å²) in [5.41, 5.74) is 0. The van der Waals surface area contributed by atoms with Crippen LogP contribution in [0.3, 0.4) is 0 Å². The largest absolute Gasteiger partial charge is 2.00 e. The first kappa shape index (κ1) is 77.6. The zero-order valence-corrected chi connectivity index (χ0v) is 4.22. The van der Waals surface area contributed by atoms with Crippen molar-refractivity contribution in [3.63, 3.8) is 0 Å². The second-order valence-electron chi connectivity index (χ2n) is 0. The first-order chi connectivity index (χ1) is 0. The summed E-state index contributed by atoms with van der Waals surface area (Å²) in [6.07, 6.45) is 0. The van der Waals surface area contributed by atoms with Crippen LogP contribution in [0.1, 0.15) is 0 Å². The SMILES string of the molecule is [Mn+2].[O-2].[O-2].[V]. The van der Waals surface area contributed by atoms with Crippen molar-refractivity contribution < 1.29 is 46.6 Å². The molecule has 0 saturated carbocycles. The second kappa shape index (κ2) is 35.1. The van der Waals surface area contributed by atoms with Crippen molar-refractivity contribution in [3.8, 4) is 0 Å². The van der Waals surface area contributed by atoms with Crippen molar-refractivity contribution in [2.24, 2.45) is 0 Å². The summed E-state index contributed by atoms with van der Waals surface area (Å²) in [6.45, 7) is 0. The third-order valence-corrected chi connectivity index (χ3v) is 0. The van der Waals surface area contributed by atoms with Gasteiger partial charge in [-0.3, -0.25) is 0 Å². The molecule has 0 aromatic rings. The molecular formula is MnO2V-2. The van der Waals surface area contributed by atoms with Crippen LogP contribution in [0.4, 0.5) is 0 Å². The Morgan fingerprint density at radius 3 is 0.750 bits per heavy atom. The Bertz CT molecular complexity index is 6.00. The molecule has 0 N–H and O–H groups in total. The van der Waals surface area contributed by atoms with E-state index in [1.165, 1.54) is 0 Å². The van der Waals surface area contributed by atoms with Crippen LogP contribution in [0.2, 0.25) is 0 Å². The van der Waals surface area contributed by atoms with Crippen molar-refractivity contribution in [2.45, 2.75) is 0 Å². The Labute approximate surface area is 46.9 Å². The van der Waals surface area contributed by atoms with Gasteiger partial charge >= 0.3 is 17.1 Å². The molecule has 2 nitrogen and oxygen atoms in total. The van der Waals surface area contributed by atoms with E-state index in [0.29, 0.717) is 0 Å². The van der Waals surface area contributed by atoms with Gasteiger partial charge in [-0.25, -0.2) is 0 Å². The fourth-order valence-corrected chi connectivity index (χ4v) is 0. The van der Waals surface area contributed by atoms with E-state index in [4.69, 9.17) is 0 Å². The molecule has 0 atom stereocenters. The van der Waals surface area contributed by atoms with Gasteiger partial charge in [0.15, 0.2) is 0 Å². The zero-order valence-electron chi connectivity index (χ0n) is 1.64. The Balaban J connectivity index is 0. The van der Waals surface area contributed by atoms with Gasteiger partial charge in [0.1, 0.15) is 0 Å². The van der Waals surface area contributed by atoms with E-state index >= 15 is 0 Å². The minimum atomic E-state index is 0. The Kier molecular flexibility index (Phi) is 681. The molecule has 0 aliphatic heterocycles. The summed E-state index contributed by atoms with van der Waals surface area (Å²) in [5.74, 6) is 0. The minimum absolute atomic E-state index is 0. The van der Waals surface area contributed by atoms with Crippen molar-refractivity contribution in [2.75, 3.05) is 0 Å². The summed E-state index contributed by atoms with van der Waals surface area (Å²) >= 11 is 0. The molecule has 4 heteroatoms. The Morgan fingerprint density at radius 2 is 0.750 bits per heavy atom. The smallest absolute Gasteiger partial charge is 2.00 e. The van der Waals surface area contributed by atoms with E-state index < -0.39 is 0 Å². The van der Waals surface area contributed by atoms with Crippen LogP contribution in [-0.2, 0) is 46.6 Å². The third kappa shape index (κ3) is 11.8. The molecule has 0 aliphatic rings. The maximum absolute atomic E-state index is 0. The zero-order chi connectivity index (χ0) is 0. The molecule has 0 aliphatic carbocycles. The van der Waals surface area contributed by atoms with E-state index in [9.17, 15) is 0 Å². The summed E-state index contributed by atoms with van der Waals surface area (Å²) < 4.78 is 0. The Morgan fingerprint density at radius 1 is 0.750 bits per heavy atom. The summed E-state index contributed by atoms with van der Waals surface area (Å²) in [5, 5.41) is 0. The fraction of sp³-hybridized carbons (Fsp3) is 0. The fourth-order valence-electron chi connectivity index (χ4n) is 0. The summed E-state index contributed by atoms with van der Waals surface area (Å²) in [4.78, 5) is 0. The van der Waals surface area contributed by atoms with E-state index in [1.54, 1.807) is 0 Å². The van der Waals surface area contributed by atoms with Crippen LogP contribution < -0.4 is 0 Å². The predicted molar refractivity (Wildman–Crippen MR) is 1.37 cm³/mol. The average Bonchev–Trinajstić information content (AvgIpc) is 0. The molecule has 0 aromatic carbocycles. The van der Waals surface area contributed by atoms with Crippen LogP contribution in [0, 0.1) is 0 Å². The number of rotatable bonds is 0. The summed E-state index contributed by atoms with van der Waals surface area (Å²) in [7, 11) is 0. The standard InChI is InChI=1S/Mn.2O.V/q+2;2*-2;. The van der Waals surface area contributed by atoms with Gasteiger partial charge in [-0.05, 0) is 0 Å². The number of hydrogen-bond donors (Lipinski definition) is 0. The van der Waals surface area contributed by atoms with Gasteiger partial charge < -0.3 is 11.0 Å². The van der Waals surface area contributed by atoms with E-state index in [2.05, 4.69) is 0 Å². The van der Waals surface area contributed by atoms with Gasteiger partial charge in [0.05, 0.1) is 0 Å².